The first-order valence-electron chi connectivity index (χ1n) is 5.79. The van der Waals surface area contributed by atoms with Crippen molar-refractivity contribution in [2.24, 2.45) is 0 Å². The van der Waals surface area contributed by atoms with Crippen LogP contribution in [-0.2, 0) is 14.3 Å². The lowest BCUT2D eigenvalue weighted by molar-refractivity contribution is -0.379. The number of rotatable bonds is 3. The number of nitrogens with one attached hydrogen (secondary N) is 1. The van der Waals surface area contributed by atoms with Crippen molar-refractivity contribution in [3.63, 3.8) is 0 Å². The Labute approximate surface area is 127 Å². The maximum atomic E-state index is 11.7. The van der Waals surface area contributed by atoms with Gasteiger partial charge in [-0.1, -0.05) is 29.0 Å². The summed E-state index contributed by atoms with van der Waals surface area (Å²) in [6.07, 6.45) is 0. The summed E-state index contributed by atoms with van der Waals surface area (Å²) in [5, 5.41) is 13.6. The van der Waals surface area contributed by atoms with Gasteiger partial charge in [0, 0.05) is 10.1 Å². The number of fused-ring (bicyclic) bond motifs is 1. The first-order chi connectivity index (χ1) is 9.95. The fourth-order valence-corrected chi connectivity index (χ4v) is 3.02. The zero-order chi connectivity index (χ0) is 15.6. The van der Waals surface area contributed by atoms with Crippen LogP contribution in [0.5, 0.6) is 0 Å². The topological polar surface area (TPSA) is 98.5 Å². The Hall–Kier alpha value is -2.19. The van der Waals surface area contributed by atoms with E-state index in [0.717, 1.165) is 11.3 Å². The van der Waals surface area contributed by atoms with E-state index in [1.807, 2.05) is 0 Å². The molecule has 2 rings (SSSR count). The first-order valence-corrected chi connectivity index (χ1v) is 6.98. The van der Waals surface area contributed by atoms with Crippen LogP contribution in [0.15, 0.2) is 18.2 Å². The molecule has 9 heteroatoms. The third kappa shape index (κ3) is 2.96. The van der Waals surface area contributed by atoms with Crippen molar-refractivity contribution in [1.82, 2.24) is 0 Å². The van der Waals surface area contributed by atoms with Crippen molar-refractivity contribution in [3.8, 4) is 0 Å². The van der Waals surface area contributed by atoms with E-state index in [1.54, 1.807) is 25.1 Å². The molecule has 0 aliphatic carbocycles. The average molecular weight is 329 g/mol. The second-order valence-electron chi connectivity index (χ2n) is 3.83. The number of halogens is 1. The van der Waals surface area contributed by atoms with Crippen molar-refractivity contribution >= 4 is 55.6 Å². The molecule has 0 saturated carbocycles. The lowest BCUT2D eigenvalue weighted by atomic mass is 10.2. The molecule has 7 nitrogen and oxygen atoms in total. The van der Waals surface area contributed by atoms with Gasteiger partial charge in [0.05, 0.1) is 16.6 Å². The second-order valence-corrected chi connectivity index (χ2v) is 5.26. The molecule has 0 fully saturated rings. The van der Waals surface area contributed by atoms with Crippen LogP contribution in [0.25, 0.3) is 10.1 Å². The predicted molar refractivity (Wildman–Crippen MR) is 78.8 cm³/mol. The highest BCUT2D eigenvalue weighted by molar-refractivity contribution is 7.23. The summed E-state index contributed by atoms with van der Waals surface area (Å²) in [6.45, 7) is 1.57. The van der Waals surface area contributed by atoms with E-state index in [1.165, 1.54) is 0 Å². The van der Waals surface area contributed by atoms with Crippen molar-refractivity contribution < 1.29 is 19.2 Å². The van der Waals surface area contributed by atoms with Crippen LogP contribution in [-0.4, -0.2) is 23.4 Å². The van der Waals surface area contributed by atoms with E-state index >= 15 is 0 Å². The summed E-state index contributed by atoms with van der Waals surface area (Å²) in [5.74, 6) is -2.20. The minimum Gasteiger partial charge on any atom is -0.459 e. The number of ether oxygens (including phenoxy) is 1. The zero-order valence-electron chi connectivity index (χ0n) is 10.7. The fraction of sp³-hybridized carbons (Fsp3) is 0.167. The van der Waals surface area contributed by atoms with E-state index in [2.05, 4.69) is 10.1 Å². The van der Waals surface area contributed by atoms with Gasteiger partial charge in [0.15, 0.2) is 0 Å². The molecule has 0 aliphatic heterocycles. The van der Waals surface area contributed by atoms with Gasteiger partial charge in [0.1, 0.15) is 5.69 Å². The Kier molecular flexibility index (Phi) is 4.39. The lowest BCUT2D eigenvalue weighted by Crippen LogP contribution is -2.25. The minimum atomic E-state index is -1.11. The van der Waals surface area contributed by atoms with Gasteiger partial charge in [-0.3, -0.25) is 14.9 Å². The number of carbonyl (C=O) groups excluding carboxylic acids is 2. The Morgan fingerprint density at radius 2 is 2.19 bits per heavy atom. The quantitative estimate of drug-likeness (QED) is 0.404. The molecule has 1 N–H and O–H groups in total. The number of thiophene rings is 1. The number of hydrogen-bond acceptors (Lipinski definition) is 6. The number of benzene rings is 1. The molecule has 0 saturated heterocycles. The smallest absolute Gasteiger partial charge is 0.397 e. The third-order valence-corrected chi connectivity index (χ3v) is 3.93. The second kappa shape index (κ2) is 6.06. The van der Waals surface area contributed by atoms with Crippen LogP contribution in [0.1, 0.15) is 6.92 Å². The molecule has 1 amide bonds. The van der Waals surface area contributed by atoms with E-state index < -0.39 is 16.8 Å². The van der Waals surface area contributed by atoms with Gasteiger partial charge in [-0.05, 0) is 19.1 Å². The molecule has 0 unspecified atom stereocenters. The molecule has 0 aliphatic rings. The van der Waals surface area contributed by atoms with Crippen LogP contribution in [0.4, 0.5) is 10.7 Å². The summed E-state index contributed by atoms with van der Waals surface area (Å²) in [7, 11) is 0. The van der Waals surface area contributed by atoms with E-state index in [-0.39, 0.29) is 22.3 Å². The summed E-state index contributed by atoms with van der Waals surface area (Å²) < 4.78 is 5.08. The van der Waals surface area contributed by atoms with Gasteiger partial charge in [0.2, 0.25) is 0 Å². The summed E-state index contributed by atoms with van der Waals surface area (Å²) in [5.41, 5.74) is -0.0938. The lowest BCUT2D eigenvalue weighted by Gasteiger charge is -2.04. The molecule has 1 aromatic heterocycles. The summed E-state index contributed by atoms with van der Waals surface area (Å²) in [4.78, 5) is 33.5. The molecule has 0 bridgehead atoms. The van der Waals surface area contributed by atoms with Gasteiger partial charge in [0.25, 0.3) is 0 Å². The average Bonchev–Trinajstić information content (AvgIpc) is 2.79. The molecular weight excluding hydrogens is 320 g/mol. The van der Waals surface area contributed by atoms with Crippen LogP contribution in [0.2, 0.25) is 5.02 Å². The molecule has 1 aromatic carbocycles. The molecule has 0 atom stereocenters. The van der Waals surface area contributed by atoms with E-state index in [9.17, 15) is 19.7 Å². The number of nitro groups is 1. The van der Waals surface area contributed by atoms with Crippen LogP contribution in [0, 0.1) is 10.1 Å². The Bertz CT molecular complexity index is 743. The molecular formula is C12H9ClN2O5S. The van der Waals surface area contributed by atoms with Crippen molar-refractivity contribution in [3.05, 3.63) is 33.3 Å². The van der Waals surface area contributed by atoms with Gasteiger partial charge >= 0.3 is 16.9 Å². The van der Waals surface area contributed by atoms with Gasteiger partial charge in [-0.15, -0.1) is 0 Å². The standard InChI is InChI=1S/C12H9ClN2O5S/c1-2-20-12(17)10(16)14-9-8-6(13)4-3-5-7(8)21-11(9)15(18)19/h3-5H,2H2,1H3,(H,14,16). The maximum absolute atomic E-state index is 11.7. The van der Waals surface area contributed by atoms with Crippen molar-refractivity contribution in [2.45, 2.75) is 6.92 Å². The highest BCUT2D eigenvalue weighted by Crippen LogP contribution is 2.44. The van der Waals surface area contributed by atoms with Crippen LogP contribution < -0.4 is 5.32 Å². The number of carbonyl (C=O) groups is 2. The Morgan fingerprint density at radius 1 is 1.48 bits per heavy atom. The van der Waals surface area contributed by atoms with E-state index in [4.69, 9.17) is 11.6 Å². The van der Waals surface area contributed by atoms with Crippen LogP contribution >= 0.6 is 22.9 Å². The highest BCUT2D eigenvalue weighted by atomic mass is 35.5. The predicted octanol–water partition coefficient (Wildman–Crippen LogP) is 2.96. The van der Waals surface area contributed by atoms with Crippen LogP contribution in [0.3, 0.4) is 0 Å². The number of amides is 1. The summed E-state index contributed by atoms with van der Waals surface area (Å²) >= 11 is 6.88. The van der Waals surface area contributed by atoms with Crippen molar-refractivity contribution in [2.75, 3.05) is 11.9 Å². The highest BCUT2D eigenvalue weighted by Gasteiger charge is 2.27. The van der Waals surface area contributed by atoms with Gasteiger partial charge in [-0.25, -0.2) is 4.79 Å². The van der Waals surface area contributed by atoms with Crippen molar-refractivity contribution in [1.29, 1.82) is 0 Å². The number of nitrogens with zero attached hydrogens (tertiary/aromatic N) is 1. The molecule has 110 valence electrons. The molecule has 2 aromatic rings. The molecule has 1 heterocycles. The zero-order valence-corrected chi connectivity index (χ0v) is 12.3. The Morgan fingerprint density at radius 3 is 2.81 bits per heavy atom. The minimum absolute atomic E-state index is 0.0273. The number of anilines is 1. The SMILES string of the molecule is CCOC(=O)C(=O)Nc1c([N+](=O)[O-])sc2cccc(Cl)c12. The number of hydrogen-bond donors (Lipinski definition) is 1. The third-order valence-electron chi connectivity index (χ3n) is 2.51. The normalized spacial score (nSPS) is 10.4. The number of esters is 1. The molecule has 0 spiro atoms. The fourth-order valence-electron chi connectivity index (χ4n) is 1.70. The molecule has 0 radical (unpaired) electrons. The van der Waals surface area contributed by atoms with Gasteiger partial charge < -0.3 is 10.1 Å². The first kappa shape index (κ1) is 15.2. The Balaban J connectivity index is 2.51. The van der Waals surface area contributed by atoms with E-state index in [0.29, 0.717) is 10.1 Å². The van der Waals surface area contributed by atoms with Gasteiger partial charge in [-0.2, -0.15) is 0 Å². The molecule has 21 heavy (non-hydrogen) atoms. The maximum Gasteiger partial charge on any atom is 0.397 e. The monoisotopic (exact) mass is 328 g/mol. The largest absolute Gasteiger partial charge is 0.459 e. The summed E-state index contributed by atoms with van der Waals surface area (Å²) in [6, 6.07) is 4.82.